The van der Waals surface area contributed by atoms with Crippen molar-refractivity contribution in [2.75, 3.05) is 6.54 Å². The monoisotopic (exact) mass is 232 g/mol. The number of hydrogen-bond donors (Lipinski definition) is 1. The number of likely N-dealkylation sites (tertiary alicyclic amines) is 1. The average molecular weight is 232 g/mol. The summed E-state index contributed by atoms with van der Waals surface area (Å²) < 4.78 is 0. The van der Waals surface area contributed by atoms with Crippen LogP contribution in [0, 0.1) is 0 Å². The molecule has 0 saturated carbocycles. The molecular weight excluding hydrogens is 212 g/mol. The molecule has 3 nitrogen and oxygen atoms in total. The molecule has 1 saturated heterocycles. The number of rotatable bonds is 1. The lowest BCUT2D eigenvalue weighted by molar-refractivity contribution is 0.0395. The van der Waals surface area contributed by atoms with Crippen LogP contribution in [0.25, 0.3) is 0 Å². The van der Waals surface area contributed by atoms with E-state index in [1.807, 2.05) is 35.2 Å². The molecule has 0 bridgehead atoms. The number of carbonyl (C=O) groups excluding carboxylic acids is 1. The van der Waals surface area contributed by atoms with Crippen LogP contribution in [-0.2, 0) is 0 Å². The summed E-state index contributed by atoms with van der Waals surface area (Å²) in [6, 6.07) is 9.53. The van der Waals surface area contributed by atoms with E-state index in [0.29, 0.717) is 6.54 Å². The Bertz CT molecular complexity index is 400. The number of nitrogens with zero attached hydrogens (tertiary/aromatic N) is 1. The molecule has 2 N–H and O–H groups in total. The van der Waals surface area contributed by atoms with E-state index >= 15 is 0 Å². The third-order valence-corrected chi connectivity index (χ3v) is 3.54. The maximum atomic E-state index is 12.4. The summed E-state index contributed by atoms with van der Waals surface area (Å²) in [6.45, 7) is 4.88. The Balaban J connectivity index is 2.23. The van der Waals surface area contributed by atoms with Crippen molar-refractivity contribution in [2.24, 2.45) is 5.73 Å². The molecule has 1 aromatic rings. The molecular formula is C14H20N2O. The number of piperidine rings is 1. The van der Waals surface area contributed by atoms with Gasteiger partial charge in [0.25, 0.3) is 5.91 Å². The molecule has 1 unspecified atom stereocenters. The topological polar surface area (TPSA) is 46.3 Å². The molecule has 0 aliphatic carbocycles. The highest BCUT2D eigenvalue weighted by molar-refractivity contribution is 5.94. The molecule has 0 radical (unpaired) electrons. The van der Waals surface area contributed by atoms with E-state index in [0.717, 1.165) is 18.4 Å². The Hall–Kier alpha value is -1.35. The summed E-state index contributed by atoms with van der Waals surface area (Å²) in [4.78, 5) is 14.3. The van der Waals surface area contributed by atoms with Crippen LogP contribution < -0.4 is 5.73 Å². The minimum Gasteiger partial charge on any atom is -0.332 e. The quantitative estimate of drug-likeness (QED) is 0.805. The lowest BCUT2D eigenvalue weighted by Gasteiger charge is -2.44. The first-order chi connectivity index (χ1) is 8.00. The van der Waals surface area contributed by atoms with Gasteiger partial charge in [0.05, 0.1) is 0 Å². The van der Waals surface area contributed by atoms with Gasteiger partial charge in [0.1, 0.15) is 0 Å². The molecule has 1 aliphatic heterocycles. The second-order valence-corrected chi connectivity index (χ2v) is 5.39. The zero-order valence-corrected chi connectivity index (χ0v) is 10.5. The Morgan fingerprint density at radius 2 is 2.00 bits per heavy atom. The van der Waals surface area contributed by atoms with Gasteiger partial charge in [-0.2, -0.15) is 0 Å². The first-order valence-corrected chi connectivity index (χ1v) is 6.13. The SMILES string of the molecule is CC1(C)CCC(N)CN1C(=O)c1ccccc1. The van der Waals surface area contributed by atoms with Gasteiger partial charge in [-0.3, -0.25) is 4.79 Å². The second-order valence-electron chi connectivity index (χ2n) is 5.39. The molecule has 1 aliphatic rings. The molecule has 1 heterocycles. The number of benzene rings is 1. The average Bonchev–Trinajstić information content (AvgIpc) is 2.33. The maximum absolute atomic E-state index is 12.4. The minimum absolute atomic E-state index is 0.0887. The van der Waals surface area contributed by atoms with Gasteiger partial charge >= 0.3 is 0 Å². The van der Waals surface area contributed by atoms with Crippen molar-refractivity contribution < 1.29 is 4.79 Å². The van der Waals surface area contributed by atoms with Crippen molar-refractivity contribution >= 4 is 5.91 Å². The lowest BCUT2D eigenvalue weighted by Crippen LogP contribution is -2.56. The summed E-state index contributed by atoms with van der Waals surface area (Å²) >= 11 is 0. The highest BCUT2D eigenvalue weighted by Gasteiger charge is 2.36. The van der Waals surface area contributed by atoms with Crippen molar-refractivity contribution in [1.82, 2.24) is 4.90 Å². The van der Waals surface area contributed by atoms with Crippen molar-refractivity contribution in [3.05, 3.63) is 35.9 Å². The largest absolute Gasteiger partial charge is 0.332 e. The number of hydrogen-bond acceptors (Lipinski definition) is 2. The second kappa shape index (κ2) is 4.49. The molecule has 1 aromatic carbocycles. The van der Waals surface area contributed by atoms with E-state index in [2.05, 4.69) is 13.8 Å². The molecule has 1 atom stereocenters. The number of carbonyl (C=O) groups is 1. The van der Waals surface area contributed by atoms with E-state index in [-0.39, 0.29) is 17.5 Å². The predicted octanol–water partition coefficient (Wildman–Crippen LogP) is 2.03. The smallest absolute Gasteiger partial charge is 0.254 e. The van der Waals surface area contributed by atoms with Gasteiger partial charge in [-0.1, -0.05) is 18.2 Å². The van der Waals surface area contributed by atoms with Crippen molar-refractivity contribution in [2.45, 2.75) is 38.3 Å². The minimum atomic E-state index is -0.0944. The van der Waals surface area contributed by atoms with Gasteiger partial charge in [0, 0.05) is 23.7 Å². The molecule has 0 spiro atoms. The normalized spacial score (nSPS) is 23.5. The Labute approximate surface area is 103 Å². The summed E-state index contributed by atoms with van der Waals surface area (Å²) in [5.41, 5.74) is 6.62. The van der Waals surface area contributed by atoms with E-state index in [1.54, 1.807) is 0 Å². The fourth-order valence-corrected chi connectivity index (χ4v) is 2.34. The van der Waals surface area contributed by atoms with Crippen LogP contribution in [0.15, 0.2) is 30.3 Å². The van der Waals surface area contributed by atoms with Crippen molar-refractivity contribution in [3.8, 4) is 0 Å². The third-order valence-electron chi connectivity index (χ3n) is 3.54. The highest BCUT2D eigenvalue weighted by atomic mass is 16.2. The molecule has 2 rings (SSSR count). The molecule has 3 heteroatoms. The number of nitrogens with two attached hydrogens (primary N) is 1. The zero-order chi connectivity index (χ0) is 12.5. The van der Waals surface area contributed by atoms with Crippen molar-refractivity contribution in [3.63, 3.8) is 0 Å². The molecule has 1 amide bonds. The van der Waals surface area contributed by atoms with Gasteiger partial charge in [-0.25, -0.2) is 0 Å². The van der Waals surface area contributed by atoms with Gasteiger partial charge in [-0.05, 0) is 38.8 Å². The van der Waals surface area contributed by atoms with E-state index in [9.17, 15) is 4.79 Å². The summed E-state index contributed by atoms with van der Waals surface area (Å²) in [6.07, 6.45) is 1.96. The molecule has 1 fully saturated rings. The summed E-state index contributed by atoms with van der Waals surface area (Å²) in [7, 11) is 0. The molecule has 0 aromatic heterocycles. The van der Waals surface area contributed by atoms with Gasteiger partial charge < -0.3 is 10.6 Å². The Kier molecular flexibility index (Phi) is 3.20. The van der Waals surface area contributed by atoms with Crippen LogP contribution in [0.5, 0.6) is 0 Å². The van der Waals surface area contributed by atoms with Crippen molar-refractivity contribution in [1.29, 1.82) is 0 Å². The summed E-state index contributed by atoms with van der Waals surface area (Å²) in [5.74, 6) is 0.0887. The van der Waals surface area contributed by atoms with E-state index in [1.165, 1.54) is 0 Å². The fourth-order valence-electron chi connectivity index (χ4n) is 2.34. The zero-order valence-electron chi connectivity index (χ0n) is 10.5. The Morgan fingerprint density at radius 3 is 2.65 bits per heavy atom. The van der Waals surface area contributed by atoms with Crippen LogP contribution >= 0.6 is 0 Å². The van der Waals surface area contributed by atoms with Crippen LogP contribution in [0.1, 0.15) is 37.0 Å². The highest BCUT2D eigenvalue weighted by Crippen LogP contribution is 2.28. The first-order valence-electron chi connectivity index (χ1n) is 6.13. The standard InChI is InChI=1S/C14H20N2O/c1-14(2)9-8-12(15)10-16(14)13(17)11-6-4-3-5-7-11/h3-7,12H,8-10,15H2,1-2H3. The van der Waals surface area contributed by atoms with Crippen LogP contribution in [0.3, 0.4) is 0 Å². The van der Waals surface area contributed by atoms with Gasteiger partial charge in [0.15, 0.2) is 0 Å². The fraction of sp³-hybridized carbons (Fsp3) is 0.500. The van der Waals surface area contributed by atoms with Crippen LogP contribution in [-0.4, -0.2) is 28.9 Å². The Morgan fingerprint density at radius 1 is 1.35 bits per heavy atom. The van der Waals surface area contributed by atoms with Gasteiger partial charge in [0.2, 0.25) is 0 Å². The third kappa shape index (κ3) is 2.50. The van der Waals surface area contributed by atoms with Gasteiger partial charge in [-0.15, -0.1) is 0 Å². The first kappa shape index (κ1) is 12.1. The van der Waals surface area contributed by atoms with Crippen LogP contribution in [0.4, 0.5) is 0 Å². The van der Waals surface area contributed by atoms with E-state index in [4.69, 9.17) is 5.73 Å². The van der Waals surface area contributed by atoms with Crippen LogP contribution in [0.2, 0.25) is 0 Å². The summed E-state index contributed by atoms with van der Waals surface area (Å²) in [5, 5.41) is 0. The molecule has 92 valence electrons. The van der Waals surface area contributed by atoms with E-state index < -0.39 is 0 Å². The number of amides is 1. The molecule has 17 heavy (non-hydrogen) atoms. The maximum Gasteiger partial charge on any atom is 0.254 e. The lowest BCUT2D eigenvalue weighted by atomic mass is 9.87. The predicted molar refractivity (Wildman–Crippen MR) is 68.8 cm³/mol.